The molecule has 2 aliphatic heterocycles. The predicted octanol–water partition coefficient (Wildman–Crippen LogP) is 6.65. The van der Waals surface area contributed by atoms with E-state index in [9.17, 15) is 4.39 Å². The maximum Gasteiger partial charge on any atom is 0.174 e. The molecule has 0 spiro atoms. The van der Waals surface area contributed by atoms with Gasteiger partial charge in [-0.15, -0.1) is 0 Å². The first-order valence-corrected chi connectivity index (χ1v) is 11.6. The van der Waals surface area contributed by atoms with Crippen LogP contribution >= 0.6 is 11.8 Å². The van der Waals surface area contributed by atoms with Crippen molar-refractivity contribution in [1.82, 2.24) is 4.90 Å². The SMILES string of the molecule is COc1ccc([C@H]2C3=C(N=C4SC=C(c5ccc(F)cc5)N42)c2ccccc2CC3)cc1. The van der Waals surface area contributed by atoms with Gasteiger partial charge in [0.2, 0.25) is 0 Å². The molecule has 158 valence electrons. The summed E-state index contributed by atoms with van der Waals surface area (Å²) in [7, 11) is 1.69. The fourth-order valence-corrected chi connectivity index (χ4v) is 5.73. The number of halogens is 1. The van der Waals surface area contributed by atoms with Gasteiger partial charge >= 0.3 is 0 Å². The fraction of sp³-hybridized carbons (Fsp3) is 0.148. The molecule has 3 nitrogen and oxygen atoms in total. The van der Waals surface area contributed by atoms with Crippen LogP contribution in [0.2, 0.25) is 0 Å². The molecule has 0 unspecified atom stereocenters. The third-order valence-electron chi connectivity index (χ3n) is 6.35. The quantitative estimate of drug-likeness (QED) is 0.456. The highest BCUT2D eigenvalue weighted by molar-refractivity contribution is 8.16. The maximum atomic E-state index is 13.6. The Kier molecular flexibility index (Phi) is 4.65. The van der Waals surface area contributed by atoms with Crippen LogP contribution in [-0.4, -0.2) is 17.2 Å². The average molecular weight is 441 g/mol. The van der Waals surface area contributed by atoms with Gasteiger partial charge in [-0.2, -0.15) is 0 Å². The number of aliphatic imine (C=N–C) groups is 1. The lowest BCUT2D eigenvalue weighted by atomic mass is 9.82. The van der Waals surface area contributed by atoms with Gasteiger partial charge < -0.3 is 9.64 Å². The van der Waals surface area contributed by atoms with E-state index >= 15 is 0 Å². The Morgan fingerprint density at radius 1 is 0.969 bits per heavy atom. The van der Waals surface area contributed by atoms with Crippen LogP contribution < -0.4 is 4.74 Å². The maximum absolute atomic E-state index is 13.6. The van der Waals surface area contributed by atoms with Crippen LogP contribution in [0.25, 0.3) is 11.4 Å². The minimum atomic E-state index is -0.229. The lowest BCUT2D eigenvalue weighted by Gasteiger charge is -2.39. The summed E-state index contributed by atoms with van der Waals surface area (Å²) in [5, 5.41) is 3.09. The van der Waals surface area contributed by atoms with Gasteiger partial charge in [-0.3, -0.25) is 0 Å². The van der Waals surface area contributed by atoms with Crippen LogP contribution in [-0.2, 0) is 6.42 Å². The first-order valence-electron chi connectivity index (χ1n) is 10.7. The Hall–Kier alpha value is -3.31. The largest absolute Gasteiger partial charge is 0.497 e. The number of thioether (sulfide) groups is 1. The molecule has 0 fully saturated rings. The number of nitrogens with zero attached hydrogens (tertiary/aromatic N) is 2. The summed E-state index contributed by atoms with van der Waals surface area (Å²) < 4.78 is 19.0. The van der Waals surface area contributed by atoms with E-state index in [0.29, 0.717) is 0 Å². The van der Waals surface area contributed by atoms with Crippen molar-refractivity contribution in [2.75, 3.05) is 7.11 Å². The number of aryl methyl sites for hydroxylation is 1. The Morgan fingerprint density at radius 3 is 2.53 bits per heavy atom. The smallest absolute Gasteiger partial charge is 0.174 e. The van der Waals surface area contributed by atoms with E-state index in [0.717, 1.165) is 40.7 Å². The molecule has 1 aliphatic carbocycles. The molecule has 3 aromatic rings. The van der Waals surface area contributed by atoms with Crippen molar-refractivity contribution in [2.45, 2.75) is 18.9 Å². The highest BCUT2D eigenvalue weighted by atomic mass is 32.2. The summed E-state index contributed by atoms with van der Waals surface area (Å²) in [5.41, 5.74) is 8.25. The highest BCUT2D eigenvalue weighted by Crippen LogP contribution is 2.51. The second-order valence-electron chi connectivity index (χ2n) is 8.10. The van der Waals surface area contributed by atoms with Gasteiger partial charge in [-0.1, -0.05) is 48.2 Å². The molecule has 0 bridgehead atoms. The van der Waals surface area contributed by atoms with Crippen LogP contribution in [0.5, 0.6) is 5.75 Å². The van der Waals surface area contributed by atoms with Crippen LogP contribution in [0.1, 0.15) is 34.7 Å². The number of ether oxygens (including phenoxy) is 1. The number of rotatable bonds is 3. The molecule has 32 heavy (non-hydrogen) atoms. The van der Waals surface area contributed by atoms with Gasteiger partial charge in [0.05, 0.1) is 24.5 Å². The number of benzene rings is 3. The van der Waals surface area contributed by atoms with Crippen LogP contribution in [0.4, 0.5) is 4.39 Å². The summed E-state index contributed by atoms with van der Waals surface area (Å²) in [6.07, 6.45) is 1.96. The number of amidine groups is 1. The lowest BCUT2D eigenvalue weighted by molar-refractivity contribution is 0.413. The van der Waals surface area contributed by atoms with E-state index in [-0.39, 0.29) is 11.9 Å². The second kappa shape index (κ2) is 7.68. The third-order valence-corrected chi connectivity index (χ3v) is 7.19. The van der Waals surface area contributed by atoms with Crippen molar-refractivity contribution in [3.63, 3.8) is 0 Å². The average Bonchev–Trinajstić information content (AvgIpc) is 3.27. The van der Waals surface area contributed by atoms with Gasteiger partial charge in [0, 0.05) is 11.0 Å². The number of hydrogen-bond acceptors (Lipinski definition) is 4. The lowest BCUT2D eigenvalue weighted by Crippen LogP contribution is -2.34. The predicted molar refractivity (Wildman–Crippen MR) is 129 cm³/mol. The number of hydrogen-bond donors (Lipinski definition) is 0. The molecular formula is C27H21FN2OS. The molecule has 0 radical (unpaired) electrons. The molecule has 3 aromatic carbocycles. The zero-order valence-electron chi connectivity index (χ0n) is 17.6. The van der Waals surface area contributed by atoms with Crippen molar-refractivity contribution in [1.29, 1.82) is 0 Å². The minimum Gasteiger partial charge on any atom is -0.497 e. The Balaban J connectivity index is 1.52. The molecule has 0 amide bonds. The summed E-state index contributed by atoms with van der Waals surface area (Å²) in [6.45, 7) is 0. The third kappa shape index (κ3) is 3.07. The van der Waals surface area contributed by atoms with Gasteiger partial charge in [-0.25, -0.2) is 9.38 Å². The van der Waals surface area contributed by atoms with E-state index in [1.165, 1.54) is 34.4 Å². The van der Waals surface area contributed by atoms with Crippen molar-refractivity contribution in [2.24, 2.45) is 4.99 Å². The Bertz CT molecular complexity index is 1290. The van der Waals surface area contributed by atoms with E-state index in [1.54, 1.807) is 18.9 Å². The van der Waals surface area contributed by atoms with Crippen LogP contribution in [0, 0.1) is 5.82 Å². The number of fused-ring (bicyclic) bond motifs is 3. The summed E-state index contributed by atoms with van der Waals surface area (Å²) >= 11 is 1.63. The van der Waals surface area contributed by atoms with Crippen molar-refractivity contribution >= 4 is 28.3 Å². The molecule has 6 rings (SSSR count). The van der Waals surface area contributed by atoms with Gasteiger partial charge in [-0.05, 0) is 71.5 Å². The molecule has 0 saturated heterocycles. The van der Waals surface area contributed by atoms with Crippen LogP contribution in [0.3, 0.4) is 0 Å². The molecule has 3 aliphatic rings. The van der Waals surface area contributed by atoms with E-state index in [1.807, 2.05) is 24.3 Å². The molecule has 0 aromatic heterocycles. The molecule has 0 N–H and O–H groups in total. The van der Waals surface area contributed by atoms with E-state index in [4.69, 9.17) is 9.73 Å². The number of methoxy groups -OCH3 is 1. The summed E-state index contributed by atoms with van der Waals surface area (Å²) in [6, 6.07) is 23.7. The molecular weight excluding hydrogens is 419 g/mol. The first-order chi connectivity index (χ1) is 15.7. The zero-order valence-corrected chi connectivity index (χ0v) is 18.4. The Morgan fingerprint density at radius 2 is 1.75 bits per heavy atom. The van der Waals surface area contributed by atoms with Crippen molar-refractivity contribution in [3.8, 4) is 5.75 Å². The molecule has 5 heteroatoms. The Labute approximate surface area is 190 Å². The highest BCUT2D eigenvalue weighted by Gasteiger charge is 2.40. The second-order valence-corrected chi connectivity index (χ2v) is 8.94. The van der Waals surface area contributed by atoms with Crippen molar-refractivity contribution < 1.29 is 9.13 Å². The minimum absolute atomic E-state index is 0.0306. The molecule has 0 saturated carbocycles. The van der Waals surface area contributed by atoms with Gasteiger partial charge in [0.1, 0.15) is 11.6 Å². The normalized spacial score (nSPS) is 19.1. The zero-order chi connectivity index (χ0) is 21.7. The fourth-order valence-electron chi connectivity index (χ4n) is 4.80. The van der Waals surface area contributed by atoms with E-state index in [2.05, 4.69) is 46.7 Å². The summed E-state index contributed by atoms with van der Waals surface area (Å²) in [4.78, 5) is 7.46. The monoisotopic (exact) mass is 440 g/mol. The van der Waals surface area contributed by atoms with Gasteiger partial charge in [0.15, 0.2) is 5.17 Å². The standard InChI is InChI=1S/C27H21FN2OS/c1-31-21-13-8-19(9-14-21)26-23-15-10-17-4-2-3-5-22(17)25(23)29-27-30(26)24(16-32-27)18-6-11-20(28)12-7-18/h2-9,11-14,16,26H,10,15H2,1H3/t26-/m0/s1. The molecule has 1 atom stereocenters. The first kappa shape index (κ1) is 19.4. The van der Waals surface area contributed by atoms with E-state index < -0.39 is 0 Å². The van der Waals surface area contributed by atoms with Crippen LogP contribution in [0.15, 0.2) is 88.8 Å². The molecule has 2 heterocycles. The summed E-state index contributed by atoms with van der Waals surface area (Å²) in [5.74, 6) is 0.611. The van der Waals surface area contributed by atoms with Gasteiger partial charge in [0.25, 0.3) is 0 Å². The van der Waals surface area contributed by atoms with Crippen molar-refractivity contribution in [3.05, 3.63) is 112 Å². The topological polar surface area (TPSA) is 24.8 Å².